The normalized spacial score (nSPS) is 19.2. The van der Waals surface area contributed by atoms with Crippen LogP contribution < -0.4 is 29.0 Å². The molecule has 2 atom stereocenters. The molecule has 240 valence electrons. The number of methoxy groups -OCH3 is 3. The Balaban J connectivity index is 1.46. The molecule has 0 aliphatic carbocycles. The van der Waals surface area contributed by atoms with E-state index in [4.69, 9.17) is 23.7 Å². The van der Waals surface area contributed by atoms with Gasteiger partial charge < -0.3 is 29.0 Å². The maximum absolute atomic E-state index is 7.03. The number of ether oxygens (including phenoxy) is 5. The van der Waals surface area contributed by atoms with E-state index < -0.39 is 0 Å². The summed E-state index contributed by atoms with van der Waals surface area (Å²) in [4.78, 5) is 4.84. The minimum Gasteiger partial charge on any atom is -0.493 e. The third-order valence-electron chi connectivity index (χ3n) is 9.94. The van der Waals surface area contributed by atoms with Crippen molar-refractivity contribution in [3.63, 3.8) is 0 Å². The number of benzene rings is 4. The molecular weight excluding hydrogens is 578 g/mol. The van der Waals surface area contributed by atoms with Crippen LogP contribution in [0.15, 0.2) is 60.7 Å². The summed E-state index contributed by atoms with van der Waals surface area (Å²) in [5.74, 6) is 4.94. The molecule has 0 amide bonds. The summed E-state index contributed by atoms with van der Waals surface area (Å²) in [5, 5.41) is 3.30. The van der Waals surface area contributed by atoms with E-state index in [9.17, 15) is 0 Å². The number of anilines is 1. The average molecular weight is 622 g/mol. The molecule has 8 rings (SSSR count). The van der Waals surface area contributed by atoms with Gasteiger partial charge in [-0.25, -0.2) is 0 Å². The van der Waals surface area contributed by atoms with Gasteiger partial charge in [0.05, 0.1) is 27.0 Å². The zero-order valence-electron chi connectivity index (χ0n) is 27.6. The Morgan fingerprint density at radius 1 is 0.696 bits per heavy atom. The van der Waals surface area contributed by atoms with E-state index in [2.05, 4.69) is 89.9 Å². The molecule has 6 bridgehead atoms. The highest BCUT2D eigenvalue weighted by atomic mass is 16.5. The van der Waals surface area contributed by atoms with Crippen molar-refractivity contribution in [3.05, 3.63) is 94.0 Å². The largest absolute Gasteiger partial charge is 0.493 e. The molecule has 8 heteroatoms. The van der Waals surface area contributed by atoms with E-state index >= 15 is 0 Å². The number of nitrogens with zero attached hydrogens (tertiary/aromatic N) is 2. The Kier molecular flexibility index (Phi) is 8.17. The molecular formula is C38H43N3O5. The molecule has 0 aromatic heterocycles. The summed E-state index contributed by atoms with van der Waals surface area (Å²) in [6.07, 6.45) is 3.43. The van der Waals surface area contributed by atoms with Crippen LogP contribution in [0.5, 0.6) is 40.2 Å². The highest BCUT2D eigenvalue weighted by Crippen LogP contribution is 2.51. The second-order valence-electron chi connectivity index (χ2n) is 12.5. The van der Waals surface area contributed by atoms with Gasteiger partial charge in [0.25, 0.3) is 0 Å². The molecule has 4 aliphatic rings. The molecule has 0 radical (unpaired) electrons. The fourth-order valence-electron chi connectivity index (χ4n) is 7.33. The van der Waals surface area contributed by atoms with Crippen LogP contribution in [-0.2, 0) is 25.7 Å². The van der Waals surface area contributed by atoms with E-state index in [0.29, 0.717) is 28.7 Å². The highest BCUT2D eigenvalue weighted by Gasteiger charge is 2.34. The van der Waals surface area contributed by atoms with Crippen LogP contribution in [0.2, 0.25) is 0 Å². The van der Waals surface area contributed by atoms with E-state index in [0.717, 1.165) is 61.5 Å². The number of rotatable bonds is 4. The van der Waals surface area contributed by atoms with Gasteiger partial charge in [0.15, 0.2) is 28.7 Å². The quantitative estimate of drug-likeness (QED) is 0.257. The number of hydrogen-bond acceptors (Lipinski definition) is 8. The Morgan fingerprint density at radius 3 is 2.09 bits per heavy atom. The van der Waals surface area contributed by atoms with E-state index in [1.165, 1.54) is 27.8 Å². The van der Waals surface area contributed by atoms with Gasteiger partial charge in [-0.3, -0.25) is 9.80 Å². The lowest BCUT2D eigenvalue weighted by atomic mass is 9.87. The summed E-state index contributed by atoms with van der Waals surface area (Å²) in [7, 11) is 11.4. The molecule has 0 saturated heterocycles. The number of likely N-dealkylation sites (N-methyl/N-ethyl adjacent to an activating group) is 2. The molecule has 0 saturated carbocycles. The SMILES string of the molecule is CNc1ccc2cc1Oc1ccc(cc1)C[C@H]1c3c(cc(OC)c(OC)c3Oc3cc4c(cc3OC)CCN(C)[C@@H]4C2)CCN1C. The maximum Gasteiger partial charge on any atom is 0.204 e. The molecule has 0 unspecified atom stereocenters. The fraction of sp³-hybridized carbons (Fsp3) is 0.368. The third kappa shape index (κ3) is 5.39. The first kappa shape index (κ1) is 30.3. The molecule has 46 heavy (non-hydrogen) atoms. The van der Waals surface area contributed by atoms with Crippen molar-refractivity contribution in [1.29, 1.82) is 0 Å². The van der Waals surface area contributed by atoms with Crippen LogP contribution in [0.1, 0.15) is 45.5 Å². The lowest BCUT2D eigenvalue weighted by Crippen LogP contribution is -2.34. The van der Waals surface area contributed by atoms with Gasteiger partial charge in [-0.1, -0.05) is 18.2 Å². The topological polar surface area (TPSA) is 64.7 Å². The van der Waals surface area contributed by atoms with Crippen LogP contribution >= 0.6 is 0 Å². The Bertz CT molecular complexity index is 1750. The number of nitrogens with one attached hydrogen (secondary N) is 1. The van der Waals surface area contributed by atoms with Gasteiger partial charge in [-0.2, -0.15) is 0 Å². The predicted octanol–water partition coefficient (Wildman–Crippen LogP) is 7.20. The molecule has 4 aliphatic heterocycles. The lowest BCUT2D eigenvalue weighted by Gasteiger charge is -2.37. The smallest absolute Gasteiger partial charge is 0.204 e. The second-order valence-corrected chi connectivity index (χ2v) is 12.5. The van der Waals surface area contributed by atoms with Crippen molar-refractivity contribution in [2.45, 2.75) is 37.8 Å². The summed E-state index contributed by atoms with van der Waals surface area (Å²) in [6.45, 7) is 1.88. The monoisotopic (exact) mass is 621 g/mol. The van der Waals surface area contributed by atoms with Crippen molar-refractivity contribution < 1.29 is 23.7 Å². The Morgan fingerprint density at radius 2 is 1.37 bits per heavy atom. The first-order valence-electron chi connectivity index (χ1n) is 16.0. The van der Waals surface area contributed by atoms with Gasteiger partial charge in [0, 0.05) is 37.8 Å². The molecule has 0 fully saturated rings. The number of hydrogen-bond donors (Lipinski definition) is 1. The average Bonchev–Trinajstić information content (AvgIpc) is 3.07. The van der Waals surface area contributed by atoms with Crippen LogP contribution in [0.25, 0.3) is 0 Å². The lowest BCUT2D eigenvalue weighted by molar-refractivity contribution is 0.220. The van der Waals surface area contributed by atoms with Gasteiger partial charge in [0.2, 0.25) is 5.75 Å². The summed E-state index contributed by atoms with van der Waals surface area (Å²) in [5.41, 5.74) is 8.21. The van der Waals surface area contributed by atoms with Crippen LogP contribution in [0.3, 0.4) is 0 Å². The zero-order chi connectivity index (χ0) is 31.9. The van der Waals surface area contributed by atoms with Gasteiger partial charge >= 0.3 is 0 Å². The predicted molar refractivity (Wildman–Crippen MR) is 181 cm³/mol. The molecule has 4 heterocycles. The first-order chi connectivity index (χ1) is 22.4. The molecule has 4 aromatic rings. The van der Waals surface area contributed by atoms with E-state index in [1.807, 2.05) is 7.05 Å². The minimum absolute atomic E-state index is 0.0549. The van der Waals surface area contributed by atoms with Crippen LogP contribution in [-0.4, -0.2) is 65.4 Å². The molecule has 0 spiro atoms. The molecule has 8 nitrogen and oxygen atoms in total. The maximum atomic E-state index is 7.03. The highest BCUT2D eigenvalue weighted by molar-refractivity contribution is 5.64. The Labute approximate surface area is 271 Å². The van der Waals surface area contributed by atoms with Crippen molar-refractivity contribution in [3.8, 4) is 40.2 Å². The molecule has 1 N–H and O–H groups in total. The van der Waals surface area contributed by atoms with E-state index in [1.54, 1.807) is 21.3 Å². The summed E-state index contributed by atoms with van der Waals surface area (Å²) < 4.78 is 31.4. The summed E-state index contributed by atoms with van der Waals surface area (Å²) in [6, 6.07) is 21.6. The Hall–Kier alpha value is -4.40. The van der Waals surface area contributed by atoms with Crippen molar-refractivity contribution in [2.24, 2.45) is 0 Å². The fourth-order valence-corrected chi connectivity index (χ4v) is 7.33. The number of fused-ring (bicyclic) bond motifs is 2. The van der Waals surface area contributed by atoms with Crippen molar-refractivity contribution >= 4 is 5.69 Å². The second kappa shape index (κ2) is 12.4. The zero-order valence-corrected chi connectivity index (χ0v) is 27.6. The van der Waals surface area contributed by atoms with Crippen LogP contribution in [0, 0.1) is 0 Å². The first-order valence-corrected chi connectivity index (χ1v) is 16.0. The summed E-state index contributed by atoms with van der Waals surface area (Å²) >= 11 is 0. The van der Waals surface area contributed by atoms with Crippen molar-refractivity contribution in [2.75, 3.05) is 60.9 Å². The van der Waals surface area contributed by atoms with Gasteiger partial charge in [0.1, 0.15) is 5.75 Å². The standard InChI is InChI=1S/C38H43N3O5/c1-39-29-12-9-24-18-30-28-22-34(33(42-4)20-25(28)13-15-40(30)2)46-38-36-26(21-35(43-5)37(38)44-6)14-16-41(3)31(36)17-23-7-10-27(11-8-23)45-32(29)19-24/h7-12,19-22,30-31,39H,13-18H2,1-6H3/t30-,31+/m1/s1. The van der Waals surface area contributed by atoms with Gasteiger partial charge in [-0.05, 0) is 110 Å². The van der Waals surface area contributed by atoms with E-state index in [-0.39, 0.29) is 12.1 Å². The molecule has 4 aromatic carbocycles. The third-order valence-corrected chi connectivity index (χ3v) is 9.94. The minimum atomic E-state index is 0.0549. The van der Waals surface area contributed by atoms with Crippen molar-refractivity contribution in [1.82, 2.24) is 9.80 Å². The van der Waals surface area contributed by atoms with Crippen LogP contribution in [0.4, 0.5) is 5.69 Å². The van der Waals surface area contributed by atoms with Gasteiger partial charge in [-0.15, -0.1) is 0 Å².